The maximum Gasteiger partial charge on any atom is 0.123 e. The van der Waals surface area contributed by atoms with E-state index in [2.05, 4.69) is 12.2 Å². The van der Waals surface area contributed by atoms with Gasteiger partial charge in [0.05, 0.1) is 0 Å². The van der Waals surface area contributed by atoms with Crippen LogP contribution in [0.25, 0.3) is 0 Å². The molecule has 0 atom stereocenters. The predicted octanol–water partition coefficient (Wildman–Crippen LogP) is 3.54. The van der Waals surface area contributed by atoms with Crippen LogP contribution in [0, 0.1) is 11.7 Å². The highest BCUT2D eigenvalue weighted by molar-refractivity contribution is 5.16. The molecule has 1 aromatic rings. The second-order valence-electron chi connectivity index (χ2n) is 5.29. The molecule has 0 bridgehead atoms. The van der Waals surface area contributed by atoms with Gasteiger partial charge in [0.1, 0.15) is 5.82 Å². The lowest BCUT2D eigenvalue weighted by Crippen LogP contribution is -2.34. The van der Waals surface area contributed by atoms with Crippen molar-refractivity contribution in [3.05, 3.63) is 35.6 Å². The third-order valence-electron chi connectivity index (χ3n) is 3.75. The zero-order chi connectivity index (χ0) is 12.1. The number of hydrogen-bond acceptors (Lipinski definition) is 1. The molecule has 2 heteroatoms. The van der Waals surface area contributed by atoms with E-state index in [4.69, 9.17) is 0 Å². The van der Waals surface area contributed by atoms with Crippen molar-refractivity contribution in [2.75, 3.05) is 6.54 Å². The van der Waals surface area contributed by atoms with E-state index in [9.17, 15) is 4.39 Å². The molecule has 0 aromatic heterocycles. The van der Waals surface area contributed by atoms with Crippen LogP contribution in [0.4, 0.5) is 4.39 Å². The smallest absolute Gasteiger partial charge is 0.123 e. The Morgan fingerprint density at radius 1 is 1.24 bits per heavy atom. The predicted molar refractivity (Wildman–Crippen MR) is 69.5 cm³/mol. The molecule has 1 aromatic carbocycles. The summed E-state index contributed by atoms with van der Waals surface area (Å²) in [4.78, 5) is 0. The fraction of sp³-hybridized carbons (Fsp3) is 0.600. The molecule has 2 rings (SSSR count). The summed E-state index contributed by atoms with van der Waals surface area (Å²) in [7, 11) is 0. The van der Waals surface area contributed by atoms with E-state index in [-0.39, 0.29) is 5.82 Å². The zero-order valence-electron chi connectivity index (χ0n) is 10.6. The van der Waals surface area contributed by atoms with Crippen molar-refractivity contribution in [3.63, 3.8) is 0 Å². The first-order chi connectivity index (χ1) is 8.24. The van der Waals surface area contributed by atoms with Gasteiger partial charge in [0, 0.05) is 6.04 Å². The standard InChI is InChI=1S/C15H22FN/c1-12-5-7-15(8-6-12)17-10-9-13-3-2-4-14(16)11-13/h2-4,11-12,15,17H,5-10H2,1H3. The Hall–Kier alpha value is -0.890. The van der Waals surface area contributed by atoms with Gasteiger partial charge in [-0.1, -0.05) is 19.1 Å². The molecular formula is C15H22FN. The van der Waals surface area contributed by atoms with Crippen LogP contribution in [-0.2, 0) is 6.42 Å². The minimum Gasteiger partial charge on any atom is -0.314 e. The molecule has 0 saturated heterocycles. The van der Waals surface area contributed by atoms with Gasteiger partial charge in [-0.2, -0.15) is 0 Å². The summed E-state index contributed by atoms with van der Waals surface area (Å²) < 4.78 is 13.0. The van der Waals surface area contributed by atoms with Gasteiger partial charge in [0.15, 0.2) is 0 Å². The van der Waals surface area contributed by atoms with E-state index in [1.165, 1.54) is 31.7 Å². The first-order valence-corrected chi connectivity index (χ1v) is 6.72. The lowest BCUT2D eigenvalue weighted by molar-refractivity contribution is 0.309. The average molecular weight is 235 g/mol. The molecule has 1 fully saturated rings. The Labute approximate surface area is 103 Å². The average Bonchev–Trinajstić information content (AvgIpc) is 2.32. The van der Waals surface area contributed by atoms with Crippen molar-refractivity contribution >= 4 is 0 Å². The number of nitrogens with one attached hydrogen (secondary N) is 1. The van der Waals surface area contributed by atoms with Crippen molar-refractivity contribution in [1.29, 1.82) is 0 Å². The Balaban J connectivity index is 1.69. The molecule has 1 nitrogen and oxygen atoms in total. The maximum atomic E-state index is 13.0. The SMILES string of the molecule is CC1CCC(NCCc2cccc(F)c2)CC1. The molecule has 0 aliphatic heterocycles. The normalized spacial score (nSPS) is 24.8. The molecule has 1 aliphatic rings. The quantitative estimate of drug-likeness (QED) is 0.841. The Bertz CT molecular complexity index is 343. The first-order valence-electron chi connectivity index (χ1n) is 6.72. The fourth-order valence-electron chi connectivity index (χ4n) is 2.58. The lowest BCUT2D eigenvalue weighted by atomic mass is 9.87. The minimum atomic E-state index is -0.131. The monoisotopic (exact) mass is 235 g/mol. The Morgan fingerprint density at radius 3 is 2.71 bits per heavy atom. The molecule has 1 N–H and O–H groups in total. The highest BCUT2D eigenvalue weighted by Gasteiger charge is 2.16. The van der Waals surface area contributed by atoms with Crippen molar-refractivity contribution in [3.8, 4) is 0 Å². The fourth-order valence-corrected chi connectivity index (χ4v) is 2.58. The molecule has 94 valence electrons. The molecule has 0 amide bonds. The minimum absolute atomic E-state index is 0.131. The van der Waals surface area contributed by atoms with Crippen molar-refractivity contribution < 1.29 is 4.39 Å². The molecule has 0 spiro atoms. The molecule has 1 aliphatic carbocycles. The van der Waals surface area contributed by atoms with Crippen LogP contribution >= 0.6 is 0 Å². The van der Waals surface area contributed by atoms with E-state index in [0.29, 0.717) is 6.04 Å². The van der Waals surface area contributed by atoms with E-state index >= 15 is 0 Å². The summed E-state index contributed by atoms with van der Waals surface area (Å²) in [5, 5.41) is 3.59. The lowest BCUT2D eigenvalue weighted by Gasteiger charge is -2.27. The van der Waals surface area contributed by atoms with Crippen LogP contribution in [-0.4, -0.2) is 12.6 Å². The van der Waals surface area contributed by atoms with E-state index in [1.54, 1.807) is 12.1 Å². The summed E-state index contributed by atoms with van der Waals surface area (Å²) >= 11 is 0. The van der Waals surface area contributed by atoms with Crippen LogP contribution in [0.15, 0.2) is 24.3 Å². The molecule has 17 heavy (non-hydrogen) atoms. The third kappa shape index (κ3) is 4.12. The van der Waals surface area contributed by atoms with E-state index in [0.717, 1.165) is 24.4 Å². The van der Waals surface area contributed by atoms with Gasteiger partial charge >= 0.3 is 0 Å². The molecule has 0 radical (unpaired) electrons. The Kier molecular flexibility index (Phi) is 4.55. The van der Waals surface area contributed by atoms with Gasteiger partial charge < -0.3 is 5.32 Å². The van der Waals surface area contributed by atoms with Gasteiger partial charge in [0.2, 0.25) is 0 Å². The Morgan fingerprint density at radius 2 is 2.00 bits per heavy atom. The second-order valence-corrected chi connectivity index (χ2v) is 5.29. The zero-order valence-corrected chi connectivity index (χ0v) is 10.6. The third-order valence-corrected chi connectivity index (χ3v) is 3.75. The highest BCUT2D eigenvalue weighted by atomic mass is 19.1. The topological polar surface area (TPSA) is 12.0 Å². The van der Waals surface area contributed by atoms with Gasteiger partial charge in [-0.25, -0.2) is 4.39 Å². The summed E-state index contributed by atoms with van der Waals surface area (Å²) in [6.45, 7) is 3.30. The number of halogens is 1. The summed E-state index contributed by atoms with van der Waals surface area (Å²) in [6.07, 6.45) is 6.20. The largest absolute Gasteiger partial charge is 0.314 e. The van der Waals surface area contributed by atoms with Crippen LogP contribution in [0.5, 0.6) is 0 Å². The van der Waals surface area contributed by atoms with Gasteiger partial charge in [0.25, 0.3) is 0 Å². The summed E-state index contributed by atoms with van der Waals surface area (Å²) in [5.74, 6) is 0.769. The van der Waals surface area contributed by atoms with Gasteiger partial charge in [-0.15, -0.1) is 0 Å². The van der Waals surface area contributed by atoms with E-state index < -0.39 is 0 Å². The number of hydrogen-bond donors (Lipinski definition) is 1. The molecular weight excluding hydrogens is 213 g/mol. The van der Waals surface area contributed by atoms with Gasteiger partial charge in [-0.3, -0.25) is 0 Å². The van der Waals surface area contributed by atoms with Crippen LogP contribution in [0.1, 0.15) is 38.2 Å². The van der Waals surface area contributed by atoms with Crippen LogP contribution < -0.4 is 5.32 Å². The highest BCUT2D eigenvalue weighted by Crippen LogP contribution is 2.23. The maximum absolute atomic E-state index is 13.0. The number of benzene rings is 1. The second kappa shape index (κ2) is 6.15. The van der Waals surface area contributed by atoms with Crippen molar-refractivity contribution in [2.45, 2.75) is 45.1 Å². The number of rotatable bonds is 4. The van der Waals surface area contributed by atoms with Gasteiger partial charge in [-0.05, 0) is 62.3 Å². The van der Waals surface area contributed by atoms with E-state index in [1.807, 2.05) is 6.07 Å². The summed E-state index contributed by atoms with van der Waals surface area (Å²) in [5.41, 5.74) is 1.08. The van der Waals surface area contributed by atoms with Crippen molar-refractivity contribution in [1.82, 2.24) is 5.32 Å². The first kappa shape index (κ1) is 12.6. The molecule has 0 heterocycles. The van der Waals surface area contributed by atoms with Crippen molar-refractivity contribution in [2.24, 2.45) is 5.92 Å². The van der Waals surface area contributed by atoms with Crippen LogP contribution in [0.2, 0.25) is 0 Å². The van der Waals surface area contributed by atoms with Crippen LogP contribution in [0.3, 0.4) is 0 Å². The molecule has 0 unspecified atom stereocenters. The molecule has 1 saturated carbocycles. The summed E-state index contributed by atoms with van der Waals surface area (Å²) in [6, 6.07) is 7.59.